The number of fused-ring (bicyclic) bond motifs is 1. The molecule has 2 aromatic rings. The Kier molecular flexibility index (Phi) is 4.53. The number of aromatic nitrogens is 3. The van der Waals surface area contributed by atoms with E-state index in [0.717, 1.165) is 37.0 Å². The molecule has 0 saturated heterocycles. The molecule has 0 aliphatic heterocycles. The standard InChI is InChI=1S/C15H21N5O2/c21-10-11-1-3-12(4-2-11)19-15(22)17-9-13-5-7-16-14-6-8-18-20(13)14/h5-8,11-12,21H,1-4,9-10H2,(H2,17,19,22). The lowest BCUT2D eigenvalue weighted by atomic mass is 9.87. The van der Waals surface area contributed by atoms with Crippen LogP contribution < -0.4 is 10.6 Å². The number of nitrogens with one attached hydrogen (secondary N) is 2. The molecule has 1 aliphatic carbocycles. The predicted molar refractivity (Wildman–Crippen MR) is 81.2 cm³/mol. The fourth-order valence-electron chi connectivity index (χ4n) is 2.92. The maximum absolute atomic E-state index is 12.0. The third-order valence-corrected chi connectivity index (χ3v) is 4.24. The third-order valence-electron chi connectivity index (χ3n) is 4.24. The summed E-state index contributed by atoms with van der Waals surface area (Å²) in [5, 5.41) is 19.2. The van der Waals surface area contributed by atoms with Crippen molar-refractivity contribution >= 4 is 11.7 Å². The molecule has 0 radical (unpaired) electrons. The van der Waals surface area contributed by atoms with Crippen molar-refractivity contribution in [1.29, 1.82) is 0 Å². The number of carbonyl (C=O) groups is 1. The molecule has 3 N–H and O–H groups in total. The molecule has 118 valence electrons. The van der Waals surface area contributed by atoms with Crippen molar-refractivity contribution in [2.24, 2.45) is 5.92 Å². The number of hydrogen-bond acceptors (Lipinski definition) is 4. The summed E-state index contributed by atoms with van der Waals surface area (Å²) < 4.78 is 1.72. The Bertz CT molecular complexity index is 634. The van der Waals surface area contributed by atoms with Crippen LogP contribution in [-0.2, 0) is 6.54 Å². The van der Waals surface area contributed by atoms with Crippen LogP contribution in [0.25, 0.3) is 5.65 Å². The number of aliphatic hydroxyl groups is 1. The van der Waals surface area contributed by atoms with Crippen molar-refractivity contribution in [2.45, 2.75) is 38.3 Å². The minimum Gasteiger partial charge on any atom is -0.396 e. The van der Waals surface area contributed by atoms with Gasteiger partial charge in [-0.15, -0.1) is 0 Å². The van der Waals surface area contributed by atoms with Crippen LogP contribution in [0.4, 0.5) is 4.79 Å². The molecule has 22 heavy (non-hydrogen) atoms. The fourth-order valence-corrected chi connectivity index (χ4v) is 2.92. The smallest absolute Gasteiger partial charge is 0.315 e. The molecular formula is C15H21N5O2. The van der Waals surface area contributed by atoms with E-state index >= 15 is 0 Å². The highest BCUT2D eigenvalue weighted by atomic mass is 16.3. The molecule has 0 spiro atoms. The van der Waals surface area contributed by atoms with E-state index in [9.17, 15) is 4.79 Å². The highest BCUT2D eigenvalue weighted by molar-refractivity contribution is 5.74. The first-order chi connectivity index (χ1) is 10.8. The number of amides is 2. The number of aliphatic hydroxyl groups excluding tert-OH is 1. The molecule has 7 heteroatoms. The first-order valence-corrected chi connectivity index (χ1v) is 7.69. The molecule has 2 aromatic heterocycles. The Morgan fingerprint density at radius 2 is 2.09 bits per heavy atom. The molecule has 1 aliphatic rings. The van der Waals surface area contributed by atoms with E-state index in [2.05, 4.69) is 20.7 Å². The number of nitrogens with zero attached hydrogens (tertiary/aromatic N) is 3. The van der Waals surface area contributed by atoms with E-state index < -0.39 is 0 Å². The molecule has 7 nitrogen and oxygen atoms in total. The summed E-state index contributed by atoms with van der Waals surface area (Å²) in [6.07, 6.45) is 7.20. The van der Waals surface area contributed by atoms with E-state index in [1.54, 1.807) is 16.9 Å². The van der Waals surface area contributed by atoms with Gasteiger partial charge in [-0.25, -0.2) is 14.3 Å². The average molecular weight is 303 g/mol. The van der Waals surface area contributed by atoms with Gasteiger partial charge in [0.05, 0.1) is 18.4 Å². The lowest BCUT2D eigenvalue weighted by Gasteiger charge is -2.27. The SMILES string of the molecule is O=C(NCc1ccnc2ccnn12)NC1CCC(CO)CC1. The number of carbonyl (C=O) groups excluding carboxylic acids is 1. The Morgan fingerprint density at radius 1 is 1.27 bits per heavy atom. The van der Waals surface area contributed by atoms with Gasteiger partial charge in [0.15, 0.2) is 5.65 Å². The van der Waals surface area contributed by atoms with Gasteiger partial charge in [0.25, 0.3) is 0 Å². The van der Waals surface area contributed by atoms with Crippen LogP contribution >= 0.6 is 0 Å². The van der Waals surface area contributed by atoms with Gasteiger partial charge in [0.2, 0.25) is 0 Å². The summed E-state index contributed by atoms with van der Waals surface area (Å²) in [6.45, 7) is 0.652. The minimum absolute atomic E-state index is 0.162. The Balaban J connectivity index is 1.49. The summed E-state index contributed by atoms with van der Waals surface area (Å²) in [6, 6.07) is 3.70. The second-order valence-corrected chi connectivity index (χ2v) is 5.76. The molecule has 1 fully saturated rings. The third kappa shape index (κ3) is 3.36. The van der Waals surface area contributed by atoms with Crippen LogP contribution in [0.3, 0.4) is 0 Å². The monoisotopic (exact) mass is 303 g/mol. The number of hydrogen-bond donors (Lipinski definition) is 3. The lowest BCUT2D eigenvalue weighted by Crippen LogP contribution is -2.43. The zero-order valence-corrected chi connectivity index (χ0v) is 12.4. The topological polar surface area (TPSA) is 91.6 Å². The van der Waals surface area contributed by atoms with Gasteiger partial charge < -0.3 is 15.7 Å². The summed E-state index contributed by atoms with van der Waals surface area (Å²) in [4.78, 5) is 16.2. The van der Waals surface area contributed by atoms with E-state index in [-0.39, 0.29) is 18.7 Å². The molecule has 0 bridgehead atoms. The second-order valence-electron chi connectivity index (χ2n) is 5.76. The Labute approximate surface area is 128 Å². The van der Waals surface area contributed by atoms with Crippen molar-refractivity contribution in [2.75, 3.05) is 6.61 Å². The van der Waals surface area contributed by atoms with Crippen LogP contribution in [0.2, 0.25) is 0 Å². The van der Waals surface area contributed by atoms with E-state index in [4.69, 9.17) is 5.11 Å². The van der Waals surface area contributed by atoms with E-state index in [1.807, 2.05) is 12.1 Å². The molecule has 1 saturated carbocycles. The van der Waals surface area contributed by atoms with Gasteiger partial charge in [-0.3, -0.25) is 0 Å². The van der Waals surface area contributed by atoms with Crippen LogP contribution in [0.15, 0.2) is 24.5 Å². The maximum atomic E-state index is 12.0. The molecule has 3 rings (SSSR count). The zero-order valence-electron chi connectivity index (χ0n) is 12.4. The maximum Gasteiger partial charge on any atom is 0.315 e. The first-order valence-electron chi connectivity index (χ1n) is 7.69. The molecule has 0 unspecified atom stereocenters. The second kappa shape index (κ2) is 6.74. The Hall–Kier alpha value is -2.15. The molecule has 0 aromatic carbocycles. The normalized spacial score (nSPS) is 21.7. The quantitative estimate of drug-likeness (QED) is 0.788. The van der Waals surface area contributed by atoms with Gasteiger partial charge in [0, 0.05) is 24.9 Å². The number of urea groups is 1. The summed E-state index contributed by atoms with van der Waals surface area (Å²) in [7, 11) is 0. The predicted octanol–water partition coefficient (Wildman–Crippen LogP) is 1.08. The van der Waals surface area contributed by atoms with Gasteiger partial charge in [0.1, 0.15) is 0 Å². The van der Waals surface area contributed by atoms with Crippen LogP contribution in [0.1, 0.15) is 31.4 Å². The van der Waals surface area contributed by atoms with E-state index in [0.29, 0.717) is 12.5 Å². The Morgan fingerprint density at radius 3 is 2.86 bits per heavy atom. The zero-order chi connectivity index (χ0) is 15.4. The largest absolute Gasteiger partial charge is 0.396 e. The lowest BCUT2D eigenvalue weighted by molar-refractivity contribution is 0.174. The number of rotatable bonds is 4. The van der Waals surface area contributed by atoms with Gasteiger partial charge >= 0.3 is 6.03 Å². The fraction of sp³-hybridized carbons (Fsp3) is 0.533. The van der Waals surface area contributed by atoms with Crippen LogP contribution in [-0.4, -0.2) is 38.4 Å². The van der Waals surface area contributed by atoms with Gasteiger partial charge in [-0.05, 0) is 37.7 Å². The van der Waals surface area contributed by atoms with Crippen molar-refractivity contribution < 1.29 is 9.90 Å². The van der Waals surface area contributed by atoms with Crippen molar-refractivity contribution in [3.63, 3.8) is 0 Å². The summed E-state index contributed by atoms with van der Waals surface area (Å²) >= 11 is 0. The summed E-state index contributed by atoms with van der Waals surface area (Å²) in [5.74, 6) is 0.394. The van der Waals surface area contributed by atoms with Crippen molar-refractivity contribution in [1.82, 2.24) is 25.2 Å². The van der Waals surface area contributed by atoms with Crippen molar-refractivity contribution in [3.8, 4) is 0 Å². The summed E-state index contributed by atoms with van der Waals surface area (Å²) in [5.41, 5.74) is 1.65. The van der Waals surface area contributed by atoms with E-state index in [1.165, 1.54) is 0 Å². The van der Waals surface area contributed by atoms with Crippen LogP contribution in [0.5, 0.6) is 0 Å². The molecule has 2 amide bonds. The highest BCUT2D eigenvalue weighted by Crippen LogP contribution is 2.23. The molecule has 0 atom stereocenters. The van der Waals surface area contributed by atoms with Gasteiger partial charge in [-0.2, -0.15) is 5.10 Å². The first kappa shape index (κ1) is 14.8. The van der Waals surface area contributed by atoms with Gasteiger partial charge in [-0.1, -0.05) is 0 Å². The van der Waals surface area contributed by atoms with Crippen LogP contribution in [0, 0.1) is 5.92 Å². The average Bonchev–Trinajstić information content (AvgIpc) is 3.03. The van der Waals surface area contributed by atoms with Crippen molar-refractivity contribution in [3.05, 3.63) is 30.2 Å². The minimum atomic E-state index is -0.162. The highest BCUT2D eigenvalue weighted by Gasteiger charge is 2.21. The molecule has 2 heterocycles. The molecular weight excluding hydrogens is 282 g/mol.